The Bertz CT molecular complexity index is 392. The van der Waals surface area contributed by atoms with E-state index in [1.54, 1.807) is 24.3 Å². The monoisotopic (exact) mass is 270 g/mol. The molecule has 1 aromatic carbocycles. The molecule has 2 unspecified atom stereocenters. The maximum atomic E-state index is 11.9. The van der Waals surface area contributed by atoms with E-state index in [1.165, 1.54) is 0 Å². The minimum absolute atomic E-state index is 0.160. The van der Waals surface area contributed by atoms with Crippen molar-refractivity contribution in [2.24, 2.45) is 5.92 Å². The highest BCUT2D eigenvalue weighted by molar-refractivity contribution is 6.30. The van der Waals surface area contributed by atoms with Crippen molar-refractivity contribution in [3.63, 3.8) is 0 Å². The quantitative estimate of drug-likeness (QED) is 0.742. The van der Waals surface area contributed by atoms with E-state index >= 15 is 0 Å². The Labute approximate surface area is 113 Å². The van der Waals surface area contributed by atoms with Crippen molar-refractivity contribution in [1.82, 2.24) is 0 Å². The van der Waals surface area contributed by atoms with E-state index in [4.69, 9.17) is 21.1 Å². The molecule has 1 rings (SSSR count). The Morgan fingerprint density at radius 3 is 2.72 bits per heavy atom. The molecule has 2 atom stereocenters. The normalized spacial score (nSPS) is 14.0. The van der Waals surface area contributed by atoms with Gasteiger partial charge in [-0.25, -0.2) is 4.79 Å². The molecule has 0 saturated carbocycles. The summed E-state index contributed by atoms with van der Waals surface area (Å²) in [6.45, 7) is 7.05. The smallest absolute Gasteiger partial charge is 0.338 e. The lowest BCUT2D eigenvalue weighted by Crippen LogP contribution is -2.25. The summed E-state index contributed by atoms with van der Waals surface area (Å²) in [5.41, 5.74) is 0.470. The van der Waals surface area contributed by atoms with Crippen LogP contribution in [0, 0.1) is 5.92 Å². The van der Waals surface area contributed by atoms with Gasteiger partial charge in [-0.05, 0) is 32.0 Å². The summed E-state index contributed by atoms with van der Waals surface area (Å²) in [5, 5.41) is 0.527. The second-order valence-corrected chi connectivity index (χ2v) is 4.69. The van der Waals surface area contributed by atoms with E-state index in [2.05, 4.69) is 0 Å². The molecule has 0 N–H and O–H groups in total. The molecule has 0 aliphatic carbocycles. The van der Waals surface area contributed by atoms with Crippen LogP contribution in [0.5, 0.6) is 0 Å². The zero-order valence-corrected chi connectivity index (χ0v) is 11.7. The van der Waals surface area contributed by atoms with E-state index in [-0.39, 0.29) is 18.0 Å². The highest BCUT2D eigenvalue weighted by atomic mass is 35.5. The van der Waals surface area contributed by atoms with Crippen molar-refractivity contribution in [2.45, 2.75) is 26.9 Å². The molecule has 0 radical (unpaired) electrons. The average Bonchev–Trinajstić information content (AvgIpc) is 2.35. The van der Waals surface area contributed by atoms with E-state index in [0.717, 1.165) is 0 Å². The van der Waals surface area contributed by atoms with Crippen LogP contribution in [0.2, 0.25) is 5.02 Å². The first-order valence-corrected chi connectivity index (χ1v) is 6.46. The lowest BCUT2D eigenvalue weighted by molar-refractivity contribution is 0.00405. The molecule has 4 heteroatoms. The second-order valence-electron chi connectivity index (χ2n) is 4.26. The minimum Gasteiger partial charge on any atom is -0.459 e. The molecule has 0 heterocycles. The lowest BCUT2D eigenvalue weighted by atomic mass is 10.1. The van der Waals surface area contributed by atoms with E-state index in [1.807, 2.05) is 20.8 Å². The van der Waals surface area contributed by atoms with Crippen LogP contribution in [-0.2, 0) is 9.47 Å². The van der Waals surface area contributed by atoms with Gasteiger partial charge in [0.2, 0.25) is 0 Å². The Kier molecular flexibility index (Phi) is 6.16. The predicted octanol–water partition coefficient (Wildman–Crippen LogP) is 3.56. The SMILES string of the molecule is CCOCC(C)C(C)OC(=O)c1cccc(Cl)c1. The summed E-state index contributed by atoms with van der Waals surface area (Å²) in [6.07, 6.45) is -0.192. The van der Waals surface area contributed by atoms with Gasteiger partial charge in [0.1, 0.15) is 6.10 Å². The molecule has 3 nitrogen and oxygen atoms in total. The molecule has 0 bridgehead atoms. The molecule has 0 aromatic heterocycles. The molecule has 18 heavy (non-hydrogen) atoms. The highest BCUT2D eigenvalue weighted by Gasteiger charge is 2.18. The van der Waals surface area contributed by atoms with Gasteiger partial charge < -0.3 is 9.47 Å². The van der Waals surface area contributed by atoms with Gasteiger partial charge in [-0.3, -0.25) is 0 Å². The number of hydrogen-bond acceptors (Lipinski definition) is 3. The molecule has 0 amide bonds. The number of ether oxygens (including phenoxy) is 2. The average molecular weight is 271 g/mol. The molecule has 0 fully saturated rings. The van der Waals surface area contributed by atoms with Crippen molar-refractivity contribution in [2.75, 3.05) is 13.2 Å². The van der Waals surface area contributed by atoms with Crippen LogP contribution in [0.3, 0.4) is 0 Å². The molecule has 0 saturated heterocycles. The van der Waals surface area contributed by atoms with Gasteiger partial charge in [0.15, 0.2) is 0 Å². The Hall–Kier alpha value is -1.06. The van der Waals surface area contributed by atoms with E-state index in [0.29, 0.717) is 23.8 Å². The first-order chi connectivity index (χ1) is 8.54. The summed E-state index contributed by atoms with van der Waals surface area (Å²) in [4.78, 5) is 11.9. The van der Waals surface area contributed by atoms with Crippen molar-refractivity contribution < 1.29 is 14.3 Å². The largest absolute Gasteiger partial charge is 0.459 e. The number of halogens is 1. The summed E-state index contributed by atoms with van der Waals surface area (Å²) in [7, 11) is 0. The number of carbonyl (C=O) groups excluding carboxylic acids is 1. The molecular formula is C14H19ClO3. The van der Waals surface area contributed by atoms with Gasteiger partial charge in [0.25, 0.3) is 0 Å². The van der Waals surface area contributed by atoms with Crippen LogP contribution < -0.4 is 0 Å². The van der Waals surface area contributed by atoms with Gasteiger partial charge in [-0.1, -0.05) is 24.6 Å². The zero-order valence-electron chi connectivity index (χ0n) is 11.0. The lowest BCUT2D eigenvalue weighted by Gasteiger charge is -2.20. The summed E-state index contributed by atoms with van der Waals surface area (Å²) in [6, 6.07) is 6.74. The van der Waals surface area contributed by atoms with Crippen molar-refractivity contribution >= 4 is 17.6 Å². The van der Waals surface area contributed by atoms with Gasteiger partial charge >= 0.3 is 5.97 Å². The third-order valence-corrected chi connectivity index (χ3v) is 2.97. The number of carbonyl (C=O) groups is 1. The summed E-state index contributed by atoms with van der Waals surface area (Å²) >= 11 is 5.83. The molecule has 0 aliphatic heterocycles. The van der Waals surface area contributed by atoms with Gasteiger partial charge in [-0.15, -0.1) is 0 Å². The number of benzene rings is 1. The van der Waals surface area contributed by atoms with Crippen molar-refractivity contribution in [3.05, 3.63) is 34.9 Å². The second kappa shape index (κ2) is 7.39. The van der Waals surface area contributed by atoms with Crippen LogP contribution in [0.25, 0.3) is 0 Å². The van der Waals surface area contributed by atoms with Crippen LogP contribution >= 0.6 is 11.6 Å². The molecule has 0 spiro atoms. The third-order valence-electron chi connectivity index (χ3n) is 2.74. The van der Waals surface area contributed by atoms with Gasteiger partial charge in [0.05, 0.1) is 12.2 Å². The molecule has 0 aliphatic rings. The minimum atomic E-state index is -0.353. The third kappa shape index (κ3) is 4.67. The Balaban J connectivity index is 2.54. The first-order valence-electron chi connectivity index (χ1n) is 6.09. The first kappa shape index (κ1) is 15.0. The van der Waals surface area contributed by atoms with E-state index < -0.39 is 0 Å². The van der Waals surface area contributed by atoms with Crippen molar-refractivity contribution in [1.29, 1.82) is 0 Å². The zero-order chi connectivity index (χ0) is 13.5. The van der Waals surface area contributed by atoms with E-state index in [9.17, 15) is 4.79 Å². The standard InChI is InChI=1S/C14H19ClO3/c1-4-17-9-10(2)11(3)18-14(16)12-6-5-7-13(15)8-12/h5-8,10-11H,4,9H2,1-3H3. The predicted molar refractivity (Wildman–Crippen MR) is 72.0 cm³/mol. The molecular weight excluding hydrogens is 252 g/mol. The van der Waals surface area contributed by atoms with Crippen LogP contribution in [0.1, 0.15) is 31.1 Å². The van der Waals surface area contributed by atoms with Crippen LogP contribution in [0.15, 0.2) is 24.3 Å². The maximum absolute atomic E-state index is 11.9. The van der Waals surface area contributed by atoms with Crippen LogP contribution in [-0.4, -0.2) is 25.3 Å². The van der Waals surface area contributed by atoms with Gasteiger partial charge in [0, 0.05) is 17.5 Å². The number of hydrogen-bond donors (Lipinski definition) is 0. The number of esters is 1. The fourth-order valence-corrected chi connectivity index (χ4v) is 1.60. The summed E-state index contributed by atoms with van der Waals surface area (Å²) < 4.78 is 10.7. The van der Waals surface area contributed by atoms with Crippen LogP contribution in [0.4, 0.5) is 0 Å². The van der Waals surface area contributed by atoms with Crippen molar-refractivity contribution in [3.8, 4) is 0 Å². The highest BCUT2D eigenvalue weighted by Crippen LogP contribution is 2.14. The molecule has 100 valence electrons. The fourth-order valence-electron chi connectivity index (χ4n) is 1.41. The molecule has 1 aromatic rings. The Morgan fingerprint density at radius 1 is 1.39 bits per heavy atom. The fraction of sp³-hybridized carbons (Fsp3) is 0.500. The summed E-state index contributed by atoms with van der Waals surface area (Å²) in [5.74, 6) is -0.193. The number of rotatable bonds is 6. The Morgan fingerprint density at radius 2 is 2.11 bits per heavy atom. The topological polar surface area (TPSA) is 35.5 Å². The van der Waals surface area contributed by atoms with Gasteiger partial charge in [-0.2, -0.15) is 0 Å². The maximum Gasteiger partial charge on any atom is 0.338 e.